The van der Waals surface area contributed by atoms with Gasteiger partial charge in [-0.2, -0.15) is 13.2 Å². The van der Waals surface area contributed by atoms with E-state index in [1.54, 1.807) is 0 Å². The number of nitrogens with zero attached hydrogens (tertiary/aromatic N) is 3. The van der Waals surface area contributed by atoms with Crippen LogP contribution in [0.2, 0.25) is 0 Å². The van der Waals surface area contributed by atoms with E-state index in [0.717, 1.165) is 58.5 Å². The number of hydrogen-bond donors (Lipinski definition) is 1. The van der Waals surface area contributed by atoms with E-state index in [1.807, 2.05) is 0 Å². The fourth-order valence-corrected chi connectivity index (χ4v) is 5.74. The van der Waals surface area contributed by atoms with Crippen molar-refractivity contribution < 1.29 is 31.1 Å². The molecule has 3 fully saturated rings. The van der Waals surface area contributed by atoms with Crippen LogP contribution < -0.4 is 5.32 Å². The van der Waals surface area contributed by atoms with E-state index in [9.17, 15) is 26.3 Å². The van der Waals surface area contributed by atoms with Crippen LogP contribution in [0.4, 0.5) is 32.2 Å². The molecule has 0 radical (unpaired) electrons. The predicted molar refractivity (Wildman–Crippen MR) is 116 cm³/mol. The predicted octanol–water partition coefficient (Wildman–Crippen LogP) is 5.13. The Labute approximate surface area is 198 Å². The topological polar surface area (TPSA) is 50.3 Å². The highest BCUT2D eigenvalue weighted by Crippen LogP contribution is 2.42. The number of benzene rings is 1. The van der Waals surface area contributed by atoms with Crippen LogP contribution in [0.15, 0.2) is 18.2 Å². The summed E-state index contributed by atoms with van der Waals surface area (Å²) in [4.78, 5) is 2.46. The van der Waals surface area contributed by atoms with E-state index in [-0.39, 0.29) is 6.04 Å². The minimum Gasteiger partial charge on any atom is -0.381 e. The minimum absolute atomic E-state index is 0.195. The molecular weight excluding hydrogens is 474 g/mol. The number of anilines is 1. The Balaban J connectivity index is 1.28. The largest absolute Gasteiger partial charge is 0.420 e. The molecule has 5 rings (SSSR count). The van der Waals surface area contributed by atoms with E-state index in [0.29, 0.717) is 36.0 Å². The normalized spacial score (nSPS) is 25.7. The lowest BCUT2D eigenvalue weighted by molar-refractivity contribution is -0.137. The van der Waals surface area contributed by atoms with Gasteiger partial charge in [-0.15, -0.1) is 10.2 Å². The molecule has 3 atom stereocenters. The van der Waals surface area contributed by atoms with Gasteiger partial charge in [0.25, 0.3) is 0 Å². The fraction of sp³-hybridized carbons (Fsp3) is 0.583. The molecule has 35 heavy (non-hydrogen) atoms. The molecule has 2 aliphatic heterocycles. The number of alkyl halides is 3. The zero-order valence-corrected chi connectivity index (χ0v) is 18.9. The van der Waals surface area contributed by atoms with Crippen molar-refractivity contribution in [2.45, 2.75) is 37.9 Å². The number of nitrogens with one attached hydrogen (secondary N) is 1. The summed E-state index contributed by atoms with van der Waals surface area (Å²) in [5.41, 5.74) is -2.46. The molecule has 1 saturated carbocycles. The van der Waals surface area contributed by atoms with Gasteiger partial charge in [0.2, 0.25) is 0 Å². The summed E-state index contributed by atoms with van der Waals surface area (Å²) in [5, 5.41) is 10.2. The van der Waals surface area contributed by atoms with E-state index >= 15 is 0 Å². The van der Waals surface area contributed by atoms with Crippen molar-refractivity contribution in [3.63, 3.8) is 0 Å². The molecule has 2 aromatic rings. The fourth-order valence-electron chi connectivity index (χ4n) is 5.74. The number of ether oxygens (including phenoxy) is 1. The Hall–Kier alpha value is -2.40. The molecule has 0 spiro atoms. The van der Waals surface area contributed by atoms with Crippen molar-refractivity contribution in [3.05, 3.63) is 41.2 Å². The van der Waals surface area contributed by atoms with E-state index in [1.165, 1.54) is 0 Å². The van der Waals surface area contributed by atoms with Crippen molar-refractivity contribution in [3.8, 4) is 11.3 Å². The van der Waals surface area contributed by atoms with Gasteiger partial charge in [-0.3, -0.25) is 0 Å². The van der Waals surface area contributed by atoms with Gasteiger partial charge in [0.05, 0.1) is 5.69 Å². The number of halogens is 6. The van der Waals surface area contributed by atoms with Gasteiger partial charge in [0.1, 0.15) is 11.4 Å². The molecule has 1 aromatic heterocycles. The Kier molecular flexibility index (Phi) is 6.65. The first kappa shape index (κ1) is 24.3. The lowest BCUT2D eigenvalue weighted by atomic mass is 10.00. The summed E-state index contributed by atoms with van der Waals surface area (Å²) in [6.45, 7) is 4.51. The maximum Gasteiger partial charge on any atom is 0.420 e. The highest BCUT2D eigenvalue weighted by molar-refractivity contribution is 5.63. The van der Waals surface area contributed by atoms with Crippen LogP contribution in [0.1, 0.15) is 31.2 Å². The summed E-state index contributed by atoms with van der Waals surface area (Å²) in [6.07, 6.45) is -1.24. The molecule has 5 nitrogen and oxygen atoms in total. The van der Waals surface area contributed by atoms with Crippen molar-refractivity contribution in [2.75, 3.05) is 38.2 Å². The number of hydrogen-bond acceptors (Lipinski definition) is 5. The molecular formula is C24H26F6N4O. The third-order valence-electron chi connectivity index (χ3n) is 7.39. The second-order valence-electron chi connectivity index (χ2n) is 9.85. The molecule has 1 aliphatic carbocycles. The van der Waals surface area contributed by atoms with Crippen molar-refractivity contribution in [1.29, 1.82) is 0 Å². The van der Waals surface area contributed by atoms with Gasteiger partial charge in [0.15, 0.2) is 17.5 Å². The molecule has 1 unspecified atom stereocenters. The van der Waals surface area contributed by atoms with E-state index < -0.39 is 46.3 Å². The van der Waals surface area contributed by atoms with Crippen LogP contribution in [-0.4, -0.2) is 54.0 Å². The lowest BCUT2D eigenvalue weighted by Gasteiger charge is -2.28. The highest BCUT2D eigenvalue weighted by atomic mass is 19.4. The van der Waals surface area contributed by atoms with Gasteiger partial charge in [0, 0.05) is 50.5 Å². The number of aromatic nitrogens is 2. The third kappa shape index (κ3) is 5.25. The molecule has 0 amide bonds. The van der Waals surface area contributed by atoms with E-state index in [4.69, 9.17) is 4.74 Å². The molecule has 11 heteroatoms. The first-order valence-electron chi connectivity index (χ1n) is 11.8. The summed E-state index contributed by atoms with van der Waals surface area (Å²) in [5.74, 6) is -3.14. The Morgan fingerprint density at radius 1 is 0.971 bits per heavy atom. The third-order valence-corrected chi connectivity index (χ3v) is 7.39. The van der Waals surface area contributed by atoms with Crippen molar-refractivity contribution >= 4 is 5.82 Å². The number of fused-ring (bicyclic) bond motifs is 1. The average molecular weight is 500 g/mol. The second-order valence-corrected chi connectivity index (χ2v) is 9.85. The standard InChI is InChI=1S/C24H26F6N4O/c25-16-7-18(22(27)20(26)8-16)21-9-19(24(28,29)30)23(33-32-21)31-17-5-14-11-34(12-15(14)6-17)10-13-1-3-35-4-2-13/h7-9,13-15,17H,1-6,10-12H2,(H,31,33)/t14-,15+,17?. The monoisotopic (exact) mass is 500 g/mol. The minimum atomic E-state index is -4.82. The maximum atomic E-state index is 14.1. The molecule has 3 heterocycles. The first-order chi connectivity index (χ1) is 16.7. The lowest BCUT2D eigenvalue weighted by Crippen LogP contribution is -2.32. The Bertz CT molecular complexity index is 1060. The smallest absolute Gasteiger partial charge is 0.381 e. The highest BCUT2D eigenvalue weighted by Gasteiger charge is 2.43. The van der Waals surface area contributed by atoms with Gasteiger partial charge in [-0.1, -0.05) is 0 Å². The summed E-state index contributed by atoms with van der Waals surface area (Å²) < 4.78 is 88.1. The van der Waals surface area contributed by atoms with Crippen LogP contribution >= 0.6 is 0 Å². The zero-order valence-electron chi connectivity index (χ0n) is 18.9. The summed E-state index contributed by atoms with van der Waals surface area (Å²) >= 11 is 0. The van der Waals surface area contributed by atoms with Crippen molar-refractivity contribution in [1.82, 2.24) is 15.1 Å². The van der Waals surface area contributed by atoms with Gasteiger partial charge in [-0.05, 0) is 55.6 Å². The molecule has 0 bridgehead atoms. The van der Waals surface area contributed by atoms with E-state index in [2.05, 4.69) is 20.4 Å². The maximum absolute atomic E-state index is 14.1. The number of rotatable bonds is 5. The van der Waals surface area contributed by atoms with Gasteiger partial charge >= 0.3 is 6.18 Å². The van der Waals surface area contributed by atoms with Crippen LogP contribution in [0.25, 0.3) is 11.3 Å². The zero-order chi connectivity index (χ0) is 24.7. The number of likely N-dealkylation sites (tertiary alicyclic amines) is 1. The second kappa shape index (κ2) is 9.57. The molecule has 3 aliphatic rings. The SMILES string of the molecule is Fc1cc(F)c(F)c(-c2cc(C(F)(F)F)c(NC3C[C@@H]4CN(CC5CCOCC5)C[C@@H]4C3)nn2)c1. The molecule has 2 saturated heterocycles. The first-order valence-corrected chi connectivity index (χ1v) is 11.8. The quantitative estimate of drug-likeness (QED) is 0.456. The average Bonchev–Trinajstić information content (AvgIpc) is 3.34. The van der Waals surface area contributed by atoms with Crippen molar-refractivity contribution in [2.24, 2.45) is 17.8 Å². The van der Waals surface area contributed by atoms with Gasteiger partial charge in [-0.25, -0.2) is 13.2 Å². The summed E-state index contributed by atoms with van der Waals surface area (Å²) in [7, 11) is 0. The molecule has 1 N–H and O–H groups in total. The summed E-state index contributed by atoms with van der Waals surface area (Å²) in [6, 6.07) is 1.30. The van der Waals surface area contributed by atoms with Crippen LogP contribution in [0, 0.1) is 35.2 Å². The Morgan fingerprint density at radius 3 is 2.31 bits per heavy atom. The van der Waals surface area contributed by atoms with Crippen LogP contribution in [-0.2, 0) is 10.9 Å². The molecule has 190 valence electrons. The Morgan fingerprint density at radius 2 is 1.66 bits per heavy atom. The van der Waals surface area contributed by atoms with Crippen LogP contribution in [0.3, 0.4) is 0 Å². The van der Waals surface area contributed by atoms with Crippen LogP contribution in [0.5, 0.6) is 0 Å². The van der Waals surface area contributed by atoms with Gasteiger partial charge < -0.3 is 15.0 Å². The molecule has 1 aromatic carbocycles.